The van der Waals surface area contributed by atoms with Crippen LogP contribution in [-0.4, -0.2) is 6.61 Å². The maximum absolute atomic E-state index is 13.2. The first-order valence-corrected chi connectivity index (χ1v) is 5.04. The lowest BCUT2D eigenvalue weighted by Gasteiger charge is -2.10. The lowest BCUT2D eigenvalue weighted by atomic mass is 10.1. The average Bonchev–Trinajstić information content (AvgIpc) is 2.16. The quantitative estimate of drug-likeness (QED) is 0.717. The third-order valence-electron chi connectivity index (χ3n) is 1.98. The molecule has 2 heteroatoms. The number of hydrogen-bond acceptors (Lipinski definition) is 1. The summed E-state index contributed by atoms with van der Waals surface area (Å²) in [5, 5.41) is 0. The van der Waals surface area contributed by atoms with Crippen LogP contribution in [0.15, 0.2) is 18.2 Å². The molecule has 78 valence electrons. The van der Waals surface area contributed by atoms with E-state index in [0.717, 1.165) is 12.0 Å². The van der Waals surface area contributed by atoms with Crippen LogP contribution in [0.25, 0.3) is 0 Å². The molecular weight excluding hydrogens is 179 g/mol. The van der Waals surface area contributed by atoms with Gasteiger partial charge >= 0.3 is 0 Å². The topological polar surface area (TPSA) is 9.23 Å². The van der Waals surface area contributed by atoms with Crippen molar-refractivity contribution in [3.05, 3.63) is 29.6 Å². The summed E-state index contributed by atoms with van der Waals surface area (Å²) in [7, 11) is 0. The van der Waals surface area contributed by atoms with E-state index in [0.29, 0.717) is 18.3 Å². The Kier molecular flexibility index (Phi) is 3.93. The van der Waals surface area contributed by atoms with Crippen LogP contribution < -0.4 is 4.74 Å². The number of hydrogen-bond donors (Lipinski definition) is 0. The smallest absolute Gasteiger partial charge is 0.165 e. The normalized spacial score (nSPS) is 10.6. The molecule has 0 amide bonds. The van der Waals surface area contributed by atoms with Crippen molar-refractivity contribution >= 4 is 0 Å². The van der Waals surface area contributed by atoms with Crippen molar-refractivity contribution in [2.45, 2.75) is 27.2 Å². The molecule has 1 rings (SSSR count). The van der Waals surface area contributed by atoms with Crippen LogP contribution in [0.4, 0.5) is 4.39 Å². The molecule has 14 heavy (non-hydrogen) atoms. The van der Waals surface area contributed by atoms with Gasteiger partial charge in [-0.1, -0.05) is 26.8 Å². The summed E-state index contributed by atoms with van der Waals surface area (Å²) in [6.45, 7) is 6.69. The maximum Gasteiger partial charge on any atom is 0.165 e. The summed E-state index contributed by atoms with van der Waals surface area (Å²) in [5.41, 5.74) is 1.10. The van der Waals surface area contributed by atoms with E-state index < -0.39 is 0 Å². The molecule has 0 radical (unpaired) electrons. The number of benzene rings is 1. The SMILES string of the molecule is CCc1ccc(F)c(OCC(C)C)c1. The molecular formula is C12H17FO. The van der Waals surface area contributed by atoms with Crippen molar-refractivity contribution in [1.29, 1.82) is 0 Å². The van der Waals surface area contributed by atoms with E-state index in [1.807, 2.05) is 20.8 Å². The fraction of sp³-hybridized carbons (Fsp3) is 0.500. The van der Waals surface area contributed by atoms with Gasteiger partial charge in [0.05, 0.1) is 6.61 Å². The Bertz CT molecular complexity index is 294. The predicted molar refractivity (Wildman–Crippen MR) is 56.1 cm³/mol. The van der Waals surface area contributed by atoms with Crippen molar-refractivity contribution in [2.24, 2.45) is 5.92 Å². The highest BCUT2D eigenvalue weighted by Gasteiger charge is 2.04. The lowest BCUT2D eigenvalue weighted by molar-refractivity contribution is 0.259. The molecule has 1 nitrogen and oxygen atoms in total. The van der Waals surface area contributed by atoms with E-state index in [-0.39, 0.29) is 5.82 Å². The van der Waals surface area contributed by atoms with Crippen LogP contribution in [0.2, 0.25) is 0 Å². The highest BCUT2D eigenvalue weighted by Crippen LogP contribution is 2.19. The number of aryl methyl sites for hydroxylation is 1. The molecule has 0 aromatic heterocycles. The lowest BCUT2D eigenvalue weighted by Crippen LogP contribution is -2.05. The second-order valence-electron chi connectivity index (χ2n) is 3.82. The molecule has 0 N–H and O–H groups in total. The average molecular weight is 196 g/mol. The third-order valence-corrected chi connectivity index (χ3v) is 1.98. The molecule has 0 saturated carbocycles. The fourth-order valence-corrected chi connectivity index (χ4v) is 1.13. The van der Waals surface area contributed by atoms with Crippen LogP contribution in [-0.2, 0) is 6.42 Å². The molecule has 0 heterocycles. The fourth-order valence-electron chi connectivity index (χ4n) is 1.13. The molecule has 0 fully saturated rings. The van der Waals surface area contributed by atoms with Gasteiger partial charge in [0.15, 0.2) is 11.6 Å². The Labute approximate surface area is 84.9 Å². The molecule has 1 aromatic carbocycles. The molecule has 0 bridgehead atoms. The Hall–Kier alpha value is -1.05. The minimum absolute atomic E-state index is 0.275. The van der Waals surface area contributed by atoms with Gasteiger partial charge in [0.2, 0.25) is 0 Å². The molecule has 0 atom stereocenters. The van der Waals surface area contributed by atoms with E-state index in [1.54, 1.807) is 12.1 Å². The van der Waals surface area contributed by atoms with Crippen molar-refractivity contribution in [2.75, 3.05) is 6.61 Å². The van der Waals surface area contributed by atoms with Gasteiger partial charge in [-0.25, -0.2) is 4.39 Å². The third kappa shape index (κ3) is 3.02. The molecule has 0 spiro atoms. The van der Waals surface area contributed by atoms with Crippen molar-refractivity contribution in [3.8, 4) is 5.75 Å². The summed E-state index contributed by atoms with van der Waals surface area (Å²) in [5.74, 6) is 0.514. The zero-order valence-electron chi connectivity index (χ0n) is 9.01. The Morgan fingerprint density at radius 3 is 2.64 bits per heavy atom. The standard InChI is InChI=1S/C12H17FO/c1-4-10-5-6-11(13)12(7-10)14-8-9(2)3/h5-7,9H,4,8H2,1-3H3. The van der Waals surface area contributed by atoms with Gasteiger partial charge in [-0.05, 0) is 30.0 Å². The zero-order valence-corrected chi connectivity index (χ0v) is 9.01. The Balaban J connectivity index is 2.73. The van der Waals surface area contributed by atoms with Crippen LogP contribution in [0.5, 0.6) is 5.75 Å². The summed E-state index contributed by atoms with van der Waals surface area (Å²) in [6.07, 6.45) is 0.901. The van der Waals surface area contributed by atoms with Crippen LogP contribution in [0.3, 0.4) is 0 Å². The molecule has 0 aliphatic heterocycles. The largest absolute Gasteiger partial charge is 0.490 e. The molecule has 1 aromatic rings. The Morgan fingerprint density at radius 2 is 2.07 bits per heavy atom. The predicted octanol–water partition coefficient (Wildman–Crippen LogP) is 3.42. The first-order valence-electron chi connectivity index (χ1n) is 5.04. The van der Waals surface area contributed by atoms with E-state index in [4.69, 9.17) is 4.74 Å². The highest BCUT2D eigenvalue weighted by molar-refractivity contribution is 5.30. The van der Waals surface area contributed by atoms with Gasteiger partial charge in [0, 0.05) is 0 Å². The molecule has 0 aliphatic rings. The van der Waals surface area contributed by atoms with E-state index in [9.17, 15) is 4.39 Å². The van der Waals surface area contributed by atoms with Gasteiger partial charge in [-0.3, -0.25) is 0 Å². The zero-order chi connectivity index (χ0) is 10.6. The van der Waals surface area contributed by atoms with Crippen molar-refractivity contribution in [1.82, 2.24) is 0 Å². The Morgan fingerprint density at radius 1 is 1.36 bits per heavy atom. The summed E-state index contributed by atoms with van der Waals surface area (Å²) >= 11 is 0. The highest BCUT2D eigenvalue weighted by atomic mass is 19.1. The number of rotatable bonds is 4. The van der Waals surface area contributed by atoms with Crippen molar-refractivity contribution < 1.29 is 9.13 Å². The van der Waals surface area contributed by atoms with Gasteiger partial charge < -0.3 is 4.74 Å². The van der Waals surface area contributed by atoms with Crippen LogP contribution >= 0.6 is 0 Å². The minimum Gasteiger partial charge on any atom is -0.490 e. The van der Waals surface area contributed by atoms with Crippen LogP contribution in [0.1, 0.15) is 26.3 Å². The second kappa shape index (κ2) is 4.99. The molecule has 0 aliphatic carbocycles. The number of halogens is 1. The number of ether oxygens (including phenoxy) is 1. The van der Waals surface area contributed by atoms with Crippen LogP contribution in [0, 0.1) is 11.7 Å². The summed E-state index contributed by atoms with van der Waals surface area (Å²) < 4.78 is 18.6. The van der Waals surface area contributed by atoms with Crippen molar-refractivity contribution in [3.63, 3.8) is 0 Å². The summed E-state index contributed by atoms with van der Waals surface area (Å²) in [4.78, 5) is 0. The first kappa shape index (κ1) is 11.0. The van der Waals surface area contributed by atoms with Gasteiger partial charge in [0.25, 0.3) is 0 Å². The first-order chi connectivity index (χ1) is 6.63. The van der Waals surface area contributed by atoms with E-state index >= 15 is 0 Å². The second-order valence-corrected chi connectivity index (χ2v) is 3.82. The van der Waals surface area contributed by atoms with E-state index in [1.165, 1.54) is 6.07 Å². The molecule has 0 unspecified atom stereocenters. The minimum atomic E-state index is -0.275. The van der Waals surface area contributed by atoms with Gasteiger partial charge in [0.1, 0.15) is 0 Å². The maximum atomic E-state index is 13.2. The van der Waals surface area contributed by atoms with E-state index in [2.05, 4.69) is 0 Å². The van der Waals surface area contributed by atoms with Gasteiger partial charge in [-0.2, -0.15) is 0 Å². The molecule has 0 saturated heterocycles. The monoisotopic (exact) mass is 196 g/mol. The van der Waals surface area contributed by atoms with Gasteiger partial charge in [-0.15, -0.1) is 0 Å². The summed E-state index contributed by atoms with van der Waals surface area (Å²) in [6, 6.07) is 5.03.